The number of benzene rings is 1. The third-order valence-electron chi connectivity index (χ3n) is 5.23. The number of nitrogen functional groups attached to an aromatic ring is 1. The first kappa shape index (κ1) is 33.5. The number of carbonyl (C=O) groups excluding carboxylic acids is 4. The molecule has 21 heteroatoms. The number of hydrogen-bond acceptors (Lipinski definition) is 14. The normalized spacial score (nSPS) is 17.1. The van der Waals surface area contributed by atoms with Gasteiger partial charge in [0.25, 0.3) is 17.5 Å². The van der Waals surface area contributed by atoms with E-state index in [4.69, 9.17) is 25.6 Å². The number of carbonyl (C=O) groups is 4. The summed E-state index contributed by atoms with van der Waals surface area (Å²) < 4.78 is 36.9. The van der Waals surface area contributed by atoms with Crippen molar-refractivity contribution in [2.24, 2.45) is 10.9 Å². The Balaban J connectivity index is 0.00000441. The number of thiazole rings is 1. The monoisotopic (exact) mass is 623 g/mol. The van der Waals surface area contributed by atoms with E-state index in [0.29, 0.717) is 5.56 Å². The van der Waals surface area contributed by atoms with Crippen LogP contribution in [0.2, 0.25) is 0 Å². The predicted molar refractivity (Wildman–Crippen MR) is 136 cm³/mol. The molecule has 1 aromatic carbocycles. The number of nitro benzene ring substituents is 1. The second-order valence-corrected chi connectivity index (χ2v) is 10.7. The fraction of sp³-hybridized carbons (Fsp3) is 0.300. The van der Waals surface area contributed by atoms with Gasteiger partial charge in [0.15, 0.2) is 16.9 Å². The number of anilines is 1. The Morgan fingerprint density at radius 1 is 1.32 bits per heavy atom. The van der Waals surface area contributed by atoms with Crippen molar-refractivity contribution in [2.75, 3.05) is 5.73 Å². The molecule has 1 saturated heterocycles. The first-order valence-electron chi connectivity index (χ1n) is 10.8. The van der Waals surface area contributed by atoms with E-state index in [-0.39, 0.29) is 58.4 Å². The van der Waals surface area contributed by atoms with Gasteiger partial charge < -0.3 is 27.8 Å². The maximum atomic E-state index is 13.0. The Morgan fingerprint density at radius 2 is 1.93 bits per heavy atom. The summed E-state index contributed by atoms with van der Waals surface area (Å²) in [4.78, 5) is 68.9. The quantitative estimate of drug-likeness (QED) is 0.0353. The van der Waals surface area contributed by atoms with E-state index < -0.39 is 62.3 Å². The van der Waals surface area contributed by atoms with Crippen molar-refractivity contribution in [3.8, 4) is 0 Å². The fourth-order valence-electron chi connectivity index (χ4n) is 3.18. The van der Waals surface area contributed by atoms with Crippen LogP contribution in [0.15, 0.2) is 34.8 Å². The summed E-state index contributed by atoms with van der Waals surface area (Å²) in [5, 5.41) is 17.8. The Labute approximate surface area is 258 Å². The van der Waals surface area contributed by atoms with E-state index in [1.54, 1.807) is 0 Å². The van der Waals surface area contributed by atoms with Crippen LogP contribution < -0.4 is 46.3 Å². The molecule has 2 heterocycles. The van der Waals surface area contributed by atoms with Gasteiger partial charge in [-0.15, -0.1) is 11.3 Å². The van der Waals surface area contributed by atoms with Crippen LogP contribution in [0.1, 0.15) is 26.5 Å². The number of primary amides is 1. The topological polar surface area (TPSA) is 277 Å². The van der Waals surface area contributed by atoms with Crippen molar-refractivity contribution in [2.45, 2.75) is 38.1 Å². The molecule has 3 amide bonds. The first-order chi connectivity index (χ1) is 18.5. The summed E-state index contributed by atoms with van der Waals surface area (Å²) in [6, 6.07) is 1.51. The number of nitrogens with one attached hydrogen (secondary N) is 1. The smallest absolute Gasteiger partial charge is 1.00 e. The van der Waals surface area contributed by atoms with Crippen molar-refractivity contribution in [1.29, 1.82) is 0 Å². The number of β-lactam (4-membered cyclic amide) rings is 1. The molecule has 18 nitrogen and oxygen atoms in total. The van der Waals surface area contributed by atoms with Crippen LogP contribution >= 0.6 is 11.3 Å². The van der Waals surface area contributed by atoms with Gasteiger partial charge in [0.2, 0.25) is 11.5 Å². The number of nitro groups is 1. The molecule has 0 spiro atoms. The van der Waals surface area contributed by atoms with Crippen molar-refractivity contribution < 1.29 is 77.6 Å². The standard InChI is InChI=1S/C20H21N7O11S2.Na.H/c1-20(2,18(31)37-7-9-3-5-10(6-4-9)27(32)33)38-25-12(11-8-39-19(22)23-11)16(29)24-13-14(15(21)28)26(17(13)30)40(34,35)36;;/h3-6,8,13-14H,7H2,1-2H3,(H2,21,28)(H2,22,23)(H,24,29)(H,34,35,36);;/q;+1;-1/b25-12-;;. The van der Waals surface area contributed by atoms with Gasteiger partial charge in [0.05, 0.1) is 4.92 Å². The molecule has 6 N–H and O–H groups in total. The molecule has 0 saturated carbocycles. The van der Waals surface area contributed by atoms with Crippen LogP contribution in [0.25, 0.3) is 0 Å². The number of esters is 1. The molecule has 0 bridgehead atoms. The van der Waals surface area contributed by atoms with Gasteiger partial charge in [-0.1, -0.05) is 5.16 Å². The van der Waals surface area contributed by atoms with Gasteiger partial charge in [-0.3, -0.25) is 29.1 Å². The Hall–Kier alpha value is -3.69. The number of hydrogen-bond donors (Lipinski definition) is 4. The molecule has 1 aliphatic heterocycles. The van der Waals surface area contributed by atoms with Crippen LogP contribution in [-0.4, -0.2) is 74.3 Å². The SMILES string of the molecule is CC(C)(O/N=C(\C(=O)NC1C(=O)N(S(=O)(=O)O)C1C(N)=O)c1csc(N)n1)C(=O)OCc1ccc([N+](=O)[O-])cc1.[H-].[Na+]. The van der Waals surface area contributed by atoms with Crippen molar-refractivity contribution in [1.82, 2.24) is 14.6 Å². The van der Waals surface area contributed by atoms with Gasteiger partial charge in [-0.25, -0.2) is 9.78 Å². The molecule has 1 fully saturated rings. The summed E-state index contributed by atoms with van der Waals surface area (Å²) in [7, 11) is -5.15. The number of oxime groups is 1. The molecule has 2 unspecified atom stereocenters. The Bertz CT molecular complexity index is 1520. The number of rotatable bonds is 11. The summed E-state index contributed by atoms with van der Waals surface area (Å²) >= 11 is 0.902. The van der Waals surface area contributed by atoms with E-state index in [1.807, 2.05) is 0 Å². The molecule has 1 aromatic heterocycles. The minimum atomic E-state index is -5.15. The zero-order chi connectivity index (χ0) is 30.0. The average molecular weight is 624 g/mol. The third-order valence-corrected chi connectivity index (χ3v) is 6.81. The number of nitrogens with two attached hydrogens (primary N) is 2. The number of nitrogens with zero attached hydrogens (tertiary/aromatic N) is 4. The van der Waals surface area contributed by atoms with Gasteiger partial charge in [-0.05, 0) is 31.5 Å². The zero-order valence-corrected chi connectivity index (χ0v) is 25.2. The molecule has 0 aliphatic carbocycles. The predicted octanol–water partition coefficient (Wildman–Crippen LogP) is -4.02. The molecular weight excluding hydrogens is 601 g/mol. The number of amides is 3. The molecule has 2 aromatic rings. The molecule has 1 aliphatic rings. The van der Waals surface area contributed by atoms with E-state index >= 15 is 0 Å². The largest absolute Gasteiger partial charge is 1.00 e. The van der Waals surface area contributed by atoms with Crippen LogP contribution in [0, 0.1) is 10.1 Å². The summed E-state index contributed by atoms with van der Waals surface area (Å²) in [6.07, 6.45) is 0. The molecule has 0 radical (unpaired) electrons. The molecule has 2 atom stereocenters. The second-order valence-electron chi connectivity index (χ2n) is 8.52. The molecular formula is C20H22N7NaO11S2. The maximum absolute atomic E-state index is 13.0. The maximum Gasteiger partial charge on any atom is 1.00 e. The summed E-state index contributed by atoms with van der Waals surface area (Å²) in [6.45, 7) is 2.23. The van der Waals surface area contributed by atoms with Crippen LogP contribution in [0.4, 0.5) is 10.8 Å². The van der Waals surface area contributed by atoms with E-state index in [2.05, 4.69) is 15.5 Å². The molecule has 3 rings (SSSR count). The van der Waals surface area contributed by atoms with E-state index in [1.165, 1.54) is 43.5 Å². The first-order valence-corrected chi connectivity index (χ1v) is 13.1. The summed E-state index contributed by atoms with van der Waals surface area (Å²) in [5.41, 5.74) is 8.42. The Kier molecular flexibility index (Phi) is 10.5. The average Bonchev–Trinajstić information content (AvgIpc) is 3.28. The zero-order valence-electron chi connectivity index (χ0n) is 22.5. The van der Waals surface area contributed by atoms with E-state index in [0.717, 1.165) is 11.3 Å². The van der Waals surface area contributed by atoms with Crippen molar-refractivity contribution >= 4 is 61.9 Å². The minimum Gasteiger partial charge on any atom is -1.00 e. The third kappa shape index (κ3) is 7.74. The second kappa shape index (κ2) is 12.9. The van der Waals surface area contributed by atoms with Crippen LogP contribution in [0.5, 0.6) is 0 Å². The Morgan fingerprint density at radius 3 is 2.41 bits per heavy atom. The van der Waals surface area contributed by atoms with Gasteiger partial charge in [-0.2, -0.15) is 12.7 Å². The fourth-order valence-corrected chi connectivity index (χ4v) is 4.59. The number of non-ortho nitro benzene ring substituents is 1. The van der Waals surface area contributed by atoms with Gasteiger partial charge in [0.1, 0.15) is 18.3 Å². The van der Waals surface area contributed by atoms with Crippen molar-refractivity contribution in [3.05, 3.63) is 51.0 Å². The van der Waals surface area contributed by atoms with Crippen LogP contribution in [0.3, 0.4) is 0 Å². The molecule has 216 valence electrons. The molecule has 41 heavy (non-hydrogen) atoms. The van der Waals surface area contributed by atoms with Gasteiger partial charge >= 0.3 is 45.8 Å². The number of ether oxygens (including phenoxy) is 1. The minimum absolute atomic E-state index is 0. The van der Waals surface area contributed by atoms with Crippen LogP contribution in [-0.2, 0) is 45.7 Å². The summed E-state index contributed by atoms with van der Waals surface area (Å²) in [5.74, 6) is -4.83. The van der Waals surface area contributed by atoms with E-state index in [9.17, 15) is 37.7 Å². The van der Waals surface area contributed by atoms with Gasteiger partial charge in [0, 0.05) is 17.5 Å². The number of aromatic nitrogens is 1. The van der Waals surface area contributed by atoms with Crippen molar-refractivity contribution in [3.63, 3.8) is 0 Å².